The second-order valence-corrected chi connectivity index (χ2v) is 136. The predicted octanol–water partition coefficient (Wildman–Crippen LogP) is 6.47. The first-order valence-corrected chi connectivity index (χ1v) is 123. The molecule has 0 aliphatic rings. The van der Waals surface area contributed by atoms with Gasteiger partial charge in [0.25, 0.3) is 0 Å². The van der Waals surface area contributed by atoms with Crippen molar-refractivity contribution >= 4 is 733 Å². The molecule has 2 N–H and O–H groups in total. The molecule has 0 bridgehead atoms. The van der Waals surface area contributed by atoms with Gasteiger partial charge in [0, 0.05) is 647 Å². The number of alkyl halides is 3. The Labute approximate surface area is 1020 Å². The van der Waals surface area contributed by atoms with Crippen LogP contribution in [-0.4, -0.2) is 45.3 Å². The average molecular weight is 3240 g/mol. The van der Waals surface area contributed by atoms with Gasteiger partial charge in [0.15, 0.2) is 21.7 Å². The molecule has 0 spiro atoms. The molecule has 0 saturated carbocycles. The molecular formula is C55H30BF3O15S70. The summed E-state index contributed by atoms with van der Waals surface area (Å²) in [5, 5.41) is 17.5. The van der Waals surface area contributed by atoms with Gasteiger partial charge in [-0.05, 0) is 71.2 Å². The van der Waals surface area contributed by atoms with Crippen LogP contribution in [0.2, 0.25) is 0 Å². The Balaban J connectivity index is 0.000000226. The molecule has 12 rings (SSSR count). The van der Waals surface area contributed by atoms with E-state index in [0.717, 1.165) is 34.6 Å². The first-order valence-electron chi connectivity index (χ1n) is 33.3. The Morgan fingerprint density at radius 2 is 0.451 bits per heavy atom. The van der Waals surface area contributed by atoms with E-state index in [9.17, 15) is 59.9 Å². The van der Waals surface area contributed by atoms with Gasteiger partial charge in [-0.15, -0.1) is 22.7 Å². The predicted molar refractivity (Wildman–Crippen MR) is 787 cm³/mol. The third kappa shape index (κ3) is 48.4. The van der Waals surface area contributed by atoms with E-state index >= 15 is 0 Å². The second kappa shape index (κ2) is 80.7. The maximum atomic E-state index is 13.6. The molecule has 784 valence electrons. The number of ether oxygens (including phenoxy) is 2. The van der Waals surface area contributed by atoms with Crippen molar-refractivity contribution in [2.75, 3.05) is 14.2 Å². The highest BCUT2D eigenvalue weighted by molar-refractivity contribution is 8.83. The molecule has 0 aliphatic carbocycles. The number of fused-ring (bicyclic) bond motifs is 10. The van der Waals surface area contributed by atoms with Crippen LogP contribution in [-0.2, 0) is 614 Å². The smallest absolute Gasteiger partial charge is 0.497 e. The van der Waals surface area contributed by atoms with Crippen molar-refractivity contribution in [1.29, 1.82) is 0 Å². The van der Waals surface area contributed by atoms with Gasteiger partial charge < -0.3 is 23.7 Å². The molecule has 0 unspecified atom stereocenters. The van der Waals surface area contributed by atoms with Gasteiger partial charge in [-0.2, -0.15) is 21.6 Å². The van der Waals surface area contributed by atoms with E-state index in [1.54, 1.807) is 300 Å². The van der Waals surface area contributed by atoms with Crippen molar-refractivity contribution in [3.8, 4) is 28.4 Å². The monoisotopic (exact) mass is 3240 g/mol. The van der Waals surface area contributed by atoms with Crippen molar-refractivity contribution in [3.05, 3.63) is 215 Å². The molecular weight excluding hydrogens is 3210 g/mol. The molecule has 10 aromatic carbocycles. The molecule has 0 aliphatic heterocycles. The summed E-state index contributed by atoms with van der Waals surface area (Å²) in [7, 11) is 107. The minimum atomic E-state index is -6.01. The zero-order valence-electron chi connectivity index (χ0n) is 66.7. The Kier molecular flexibility index (Phi) is 75.7. The molecule has 0 amide bonds. The summed E-state index contributed by atoms with van der Waals surface area (Å²) in [6, 6.07) is 33.9. The molecule has 15 nitrogen and oxygen atoms in total. The van der Waals surface area contributed by atoms with Crippen molar-refractivity contribution in [3.63, 3.8) is 0 Å². The standard InChI is InChI=1S/C27H14O5S.C21H7F3O7S2.C7H9BO3.S34.S33/c1-32-15-9-6-13(7-10-15)14-8-11-18-19(12-14)23(29)21-20-22(28)16-4-2-3-5-17(16)24(30)26(20)33-27(21)25(18)31;22-21(23,24)33(29,30)31-8-5-6-11-12(7-8)16(26)14-13-15(25)9-3-1-2-4-10(9)17(27)19(13)32-20(14)18(11)28;1-11-7-4-2-6(3-5-7)8(9)10;1-3-5-7-9-11-13-15-17-19-21-23-25-27-29-31-33-34-32-30-28-26-24-22-20-18-16-14-12-10-8-6-4-2;1-3-5-7-9-11-13-15-17-19-21-23-25-27-29-31-33-32-30-28-26-24-22-20-18-16-14-12-10-8-6-4-2/h2-12H,1H3;1-7H;2-5,9-10H,1H3;;. The number of hydrogen-bond donors (Lipinski definition) is 2. The first-order chi connectivity index (χ1) is 70.0. The van der Waals surface area contributed by atoms with Gasteiger partial charge in [-0.1, -0.05) is 78.9 Å². The SMILES string of the molecule is COc1ccc(-c2ccc3c(=O)c4sc5c(=O)c6ccccc6c(=O)c5c4c(=O)c3c2)cc1.COc1ccc(B(O)O)cc1.O=c1c2ccccc2c(=O)c2c1sc1c(=O)c3ccc(OS(=O)(=O)C(F)(F)F)cc3c(=O)c12.S=S=S=S=S=S=S=S=S=S=S=S=S=S=S=S=S=S=S=S=S=S=S=S=S=S=S=S=S=S=S=S=S.S=S=S=S=S=S=S=S=S=S=S=S=S=S=S=S=S=S=S=S=S=S=S=S=S=S=S=S=S=S=S=S=S=S. The maximum absolute atomic E-state index is 13.6. The summed E-state index contributed by atoms with van der Waals surface area (Å²) in [5.74, 6) is 0.572. The van der Waals surface area contributed by atoms with E-state index in [1.165, 1.54) is 53.7 Å². The summed E-state index contributed by atoms with van der Waals surface area (Å²) >= 11 is 20.8. The number of hydrogen-bond acceptors (Lipinski definition) is 21. The van der Waals surface area contributed by atoms with Crippen LogP contribution < -0.4 is 62.5 Å². The van der Waals surface area contributed by atoms with Crippen LogP contribution in [0.1, 0.15) is 0 Å². The van der Waals surface area contributed by atoms with E-state index < -0.39 is 66.5 Å². The highest BCUT2D eigenvalue weighted by Gasteiger charge is 2.48. The lowest BCUT2D eigenvalue weighted by Gasteiger charge is -2.09. The lowest BCUT2D eigenvalue weighted by atomic mass is 9.80. The fourth-order valence-corrected chi connectivity index (χ4v) is 174. The number of rotatable bonds is 6. The van der Waals surface area contributed by atoms with Crippen LogP contribution in [0.3, 0.4) is 0 Å². The zero-order valence-corrected chi connectivity index (χ0v) is 124. The van der Waals surface area contributed by atoms with E-state index in [2.05, 4.69) is 4.18 Å². The van der Waals surface area contributed by atoms with Gasteiger partial charge in [-0.25, -0.2) is 0 Å². The van der Waals surface area contributed by atoms with Gasteiger partial charge in [-0.3, -0.25) is 38.4 Å². The third-order valence-electron chi connectivity index (χ3n) is 14.4. The highest BCUT2D eigenvalue weighted by atomic mass is 33.5. The Bertz CT molecular complexity index is 10900. The second-order valence-electron chi connectivity index (χ2n) is 21.4. The molecule has 2 aromatic heterocycles. The molecule has 0 saturated heterocycles. The Morgan fingerprint density at radius 1 is 0.257 bits per heavy atom. The topological polar surface area (TPSA) is 239 Å². The van der Waals surface area contributed by atoms with E-state index in [4.69, 9.17) is 64.3 Å². The van der Waals surface area contributed by atoms with Crippen LogP contribution in [0.4, 0.5) is 13.2 Å². The summed E-state index contributed by atoms with van der Waals surface area (Å²) in [6.07, 6.45) is 0. The summed E-state index contributed by atoms with van der Waals surface area (Å²) in [4.78, 5) is 105. The van der Waals surface area contributed by atoms with Gasteiger partial charge in [0.1, 0.15) is 17.2 Å². The van der Waals surface area contributed by atoms with Crippen LogP contribution >= 0.6 is 22.7 Å². The van der Waals surface area contributed by atoms with Crippen LogP contribution in [0.15, 0.2) is 172 Å². The van der Waals surface area contributed by atoms with Crippen molar-refractivity contribution in [2.24, 2.45) is 0 Å². The number of methoxy groups -OCH3 is 2. The van der Waals surface area contributed by atoms with Crippen molar-refractivity contribution in [1.82, 2.24) is 0 Å². The average Bonchev–Trinajstić information content (AvgIpc) is 1.56. The van der Waals surface area contributed by atoms with Crippen molar-refractivity contribution < 1.29 is 45.3 Å². The summed E-state index contributed by atoms with van der Waals surface area (Å²) in [5.41, 5.74) is -7.92. The van der Waals surface area contributed by atoms with Crippen LogP contribution in [0.25, 0.3) is 94.6 Å². The van der Waals surface area contributed by atoms with Gasteiger partial charge >= 0.3 is 22.7 Å². The van der Waals surface area contributed by atoms with E-state index in [1.807, 2.05) is 335 Å². The molecule has 89 heteroatoms. The lowest BCUT2D eigenvalue weighted by Crippen LogP contribution is -2.29. The largest absolute Gasteiger partial charge is 0.534 e. The number of thiophene rings is 2. The third-order valence-corrected chi connectivity index (χ3v) is 153. The fraction of sp³-hybridized carbons (Fsp3) is 0.0545. The molecule has 2 heterocycles. The minimum Gasteiger partial charge on any atom is -0.497 e. The molecule has 0 fully saturated rings. The van der Waals surface area contributed by atoms with E-state index in [-0.39, 0.29) is 83.5 Å². The molecule has 0 atom stereocenters. The molecule has 0 radical (unpaired) electrons. The molecule has 144 heavy (non-hydrogen) atoms. The zero-order chi connectivity index (χ0) is 104. The number of benzene rings is 10. The van der Waals surface area contributed by atoms with Gasteiger partial charge in [0.2, 0.25) is 21.7 Å². The summed E-state index contributed by atoms with van der Waals surface area (Å²) < 4.78 is 74.7. The lowest BCUT2D eigenvalue weighted by molar-refractivity contribution is -0.0500. The van der Waals surface area contributed by atoms with Crippen molar-refractivity contribution in [2.45, 2.75) is 5.51 Å². The molecule has 12 aromatic rings. The van der Waals surface area contributed by atoms with Crippen LogP contribution in [0.5, 0.6) is 17.2 Å². The Hall–Kier alpha value is 5.94. The number of halogens is 3. The van der Waals surface area contributed by atoms with Crippen LogP contribution in [0, 0.1) is 0 Å². The first kappa shape index (κ1) is 135. The fourth-order valence-electron chi connectivity index (χ4n) is 9.63. The Morgan fingerprint density at radius 3 is 0.681 bits per heavy atom. The normalized spacial score (nSPS) is 9.88. The quantitative estimate of drug-likeness (QED) is 0.103. The minimum absolute atomic E-state index is 0.0484. The highest BCUT2D eigenvalue weighted by Crippen LogP contribution is 2.34. The van der Waals surface area contributed by atoms with E-state index in [0.29, 0.717) is 39.8 Å². The summed E-state index contributed by atoms with van der Waals surface area (Å²) in [6.45, 7) is 0. The maximum Gasteiger partial charge on any atom is 0.534 e. The van der Waals surface area contributed by atoms with Gasteiger partial charge in [0.05, 0.1) is 54.6 Å².